The summed E-state index contributed by atoms with van der Waals surface area (Å²) >= 11 is 0. The topological polar surface area (TPSA) is 54.4 Å². The fourth-order valence-electron chi connectivity index (χ4n) is 1.18. The van der Waals surface area contributed by atoms with E-state index in [-0.39, 0.29) is 5.91 Å². The van der Waals surface area contributed by atoms with E-state index in [4.69, 9.17) is 0 Å². The Bertz CT molecular complexity index is 360. The van der Waals surface area contributed by atoms with Crippen LogP contribution in [0.2, 0.25) is 0 Å². The number of aromatic nitrogens is 1. The van der Waals surface area contributed by atoms with Crippen LogP contribution < -0.4 is 5.43 Å². The predicted octanol–water partition coefficient (Wildman–Crippen LogP) is 2.11. The Kier molecular flexibility index (Phi) is 5.19. The van der Waals surface area contributed by atoms with Gasteiger partial charge in [0.15, 0.2) is 0 Å². The highest BCUT2D eigenvalue weighted by atomic mass is 16.2. The fraction of sp³-hybridized carbons (Fsp3) is 0.417. The zero-order chi connectivity index (χ0) is 11.8. The van der Waals surface area contributed by atoms with Crippen molar-refractivity contribution in [1.29, 1.82) is 0 Å². The summed E-state index contributed by atoms with van der Waals surface area (Å²) in [6.45, 7) is 3.90. The maximum atomic E-state index is 11.3. The van der Waals surface area contributed by atoms with E-state index in [0.29, 0.717) is 6.42 Å². The summed E-state index contributed by atoms with van der Waals surface area (Å²) in [5.74, 6) is -0.0370. The molecule has 0 saturated carbocycles. The van der Waals surface area contributed by atoms with Crippen molar-refractivity contribution in [2.75, 3.05) is 0 Å². The maximum absolute atomic E-state index is 11.3. The van der Waals surface area contributed by atoms with Crippen molar-refractivity contribution in [3.8, 4) is 0 Å². The first-order valence-corrected chi connectivity index (χ1v) is 5.47. The van der Waals surface area contributed by atoms with E-state index in [1.807, 2.05) is 19.1 Å². The van der Waals surface area contributed by atoms with Crippen LogP contribution in [0.25, 0.3) is 0 Å². The van der Waals surface area contributed by atoms with Gasteiger partial charge in [-0.25, -0.2) is 5.43 Å². The molecule has 1 rings (SSSR count). The van der Waals surface area contributed by atoms with Crippen LogP contribution in [0.5, 0.6) is 0 Å². The van der Waals surface area contributed by atoms with E-state index in [9.17, 15) is 4.79 Å². The molecule has 0 aliphatic rings. The number of hydrazone groups is 1. The van der Waals surface area contributed by atoms with Crippen LogP contribution >= 0.6 is 0 Å². The minimum Gasteiger partial charge on any atom is -0.273 e. The largest absolute Gasteiger partial charge is 0.273 e. The Morgan fingerprint density at radius 3 is 3.00 bits per heavy atom. The minimum atomic E-state index is -0.0370. The van der Waals surface area contributed by atoms with Crippen molar-refractivity contribution in [3.63, 3.8) is 0 Å². The van der Waals surface area contributed by atoms with Crippen molar-refractivity contribution in [3.05, 3.63) is 30.1 Å². The van der Waals surface area contributed by atoms with Crippen LogP contribution in [0, 0.1) is 0 Å². The Hall–Kier alpha value is -1.71. The Balaban J connectivity index is 2.48. The van der Waals surface area contributed by atoms with E-state index < -0.39 is 0 Å². The average molecular weight is 219 g/mol. The fourth-order valence-corrected chi connectivity index (χ4v) is 1.18. The van der Waals surface area contributed by atoms with E-state index in [0.717, 1.165) is 24.1 Å². The Labute approximate surface area is 95.8 Å². The highest BCUT2D eigenvalue weighted by Gasteiger charge is 2.00. The molecule has 1 N–H and O–H groups in total. The normalized spacial score (nSPS) is 11.2. The summed E-state index contributed by atoms with van der Waals surface area (Å²) in [6.07, 6.45) is 5.86. The van der Waals surface area contributed by atoms with Gasteiger partial charge in [0.2, 0.25) is 5.91 Å². The second-order valence-electron chi connectivity index (χ2n) is 3.58. The highest BCUT2D eigenvalue weighted by Crippen LogP contribution is 1.98. The number of pyridine rings is 1. The molecule has 0 spiro atoms. The van der Waals surface area contributed by atoms with Crippen LogP contribution in [0.4, 0.5) is 0 Å². The van der Waals surface area contributed by atoms with Gasteiger partial charge in [-0.15, -0.1) is 0 Å². The van der Waals surface area contributed by atoms with Crippen molar-refractivity contribution >= 4 is 11.6 Å². The number of unbranched alkanes of at least 4 members (excludes halogenated alkanes) is 1. The summed E-state index contributed by atoms with van der Waals surface area (Å²) in [5.41, 5.74) is 4.21. The van der Waals surface area contributed by atoms with E-state index in [1.165, 1.54) is 0 Å². The predicted molar refractivity (Wildman–Crippen MR) is 64.1 cm³/mol. The molecule has 0 bridgehead atoms. The molecule has 0 aromatic carbocycles. The summed E-state index contributed by atoms with van der Waals surface area (Å²) in [5, 5.41) is 4.02. The number of carbonyl (C=O) groups excluding carboxylic acids is 1. The van der Waals surface area contributed by atoms with Crippen molar-refractivity contribution in [2.24, 2.45) is 5.10 Å². The zero-order valence-electron chi connectivity index (χ0n) is 9.73. The molecule has 1 aromatic rings. The zero-order valence-corrected chi connectivity index (χ0v) is 9.73. The molecule has 4 heteroatoms. The van der Waals surface area contributed by atoms with Crippen LogP contribution in [0.15, 0.2) is 29.6 Å². The van der Waals surface area contributed by atoms with Crippen LogP contribution in [-0.2, 0) is 4.79 Å². The van der Waals surface area contributed by atoms with Gasteiger partial charge in [0.05, 0.1) is 5.71 Å². The molecule has 0 aliphatic carbocycles. The van der Waals surface area contributed by atoms with Crippen molar-refractivity contribution in [2.45, 2.75) is 33.1 Å². The number of hydrogen-bond donors (Lipinski definition) is 1. The molecule has 0 atom stereocenters. The van der Waals surface area contributed by atoms with Gasteiger partial charge in [0.1, 0.15) is 0 Å². The van der Waals surface area contributed by atoms with Crippen LogP contribution in [-0.4, -0.2) is 16.6 Å². The number of carbonyl (C=O) groups is 1. The van der Waals surface area contributed by atoms with E-state index in [1.54, 1.807) is 12.4 Å². The summed E-state index contributed by atoms with van der Waals surface area (Å²) in [4.78, 5) is 15.3. The van der Waals surface area contributed by atoms with Gasteiger partial charge in [-0.2, -0.15) is 5.10 Å². The molecule has 0 radical (unpaired) electrons. The van der Waals surface area contributed by atoms with Gasteiger partial charge >= 0.3 is 0 Å². The lowest BCUT2D eigenvalue weighted by molar-refractivity contribution is -0.121. The molecule has 1 aromatic heterocycles. The molecule has 16 heavy (non-hydrogen) atoms. The average Bonchev–Trinajstić information content (AvgIpc) is 2.34. The number of nitrogens with zero attached hydrogens (tertiary/aromatic N) is 2. The molecule has 0 unspecified atom stereocenters. The summed E-state index contributed by atoms with van der Waals surface area (Å²) in [7, 11) is 0. The molecule has 0 fully saturated rings. The van der Waals surface area contributed by atoms with Gasteiger partial charge in [-0.1, -0.05) is 19.4 Å². The standard InChI is InChI=1S/C12H17N3O/c1-3-4-7-12(16)15-14-10(2)11-6-5-8-13-9-11/h5-6,8-9H,3-4,7H2,1-2H3,(H,15,16). The molecule has 1 heterocycles. The van der Waals surface area contributed by atoms with Crippen molar-refractivity contribution in [1.82, 2.24) is 10.4 Å². The SMILES string of the molecule is CCCCC(=O)NN=C(C)c1cccnc1. The van der Waals surface area contributed by atoms with E-state index in [2.05, 4.69) is 22.4 Å². The van der Waals surface area contributed by atoms with Crippen LogP contribution in [0.3, 0.4) is 0 Å². The molecular formula is C12H17N3O. The summed E-state index contributed by atoms with van der Waals surface area (Å²) < 4.78 is 0. The maximum Gasteiger partial charge on any atom is 0.240 e. The van der Waals surface area contributed by atoms with Crippen LogP contribution in [0.1, 0.15) is 38.7 Å². The van der Waals surface area contributed by atoms with Gasteiger partial charge in [0, 0.05) is 24.4 Å². The molecule has 0 aliphatic heterocycles. The number of nitrogens with one attached hydrogen (secondary N) is 1. The van der Waals surface area contributed by atoms with E-state index >= 15 is 0 Å². The minimum absolute atomic E-state index is 0.0370. The summed E-state index contributed by atoms with van der Waals surface area (Å²) in [6, 6.07) is 3.75. The Morgan fingerprint density at radius 2 is 2.38 bits per heavy atom. The lowest BCUT2D eigenvalue weighted by atomic mass is 10.2. The lowest BCUT2D eigenvalue weighted by Gasteiger charge is -2.01. The Morgan fingerprint density at radius 1 is 1.56 bits per heavy atom. The second kappa shape index (κ2) is 6.71. The quantitative estimate of drug-likeness (QED) is 0.609. The number of hydrogen-bond acceptors (Lipinski definition) is 3. The molecule has 0 saturated heterocycles. The van der Waals surface area contributed by atoms with Gasteiger partial charge in [-0.05, 0) is 19.4 Å². The first kappa shape index (κ1) is 12.4. The first-order chi connectivity index (χ1) is 7.74. The number of amides is 1. The monoisotopic (exact) mass is 219 g/mol. The lowest BCUT2D eigenvalue weighted by Crippen LogP contribution is -2.18. The first-order valence-electron chi connectivity index (χ1n) is 5.47. The third-order valence-electron chi connectivity index (χ3n) is 2.19. The molecule has 1 amide bonds. The third kappa shape index (κ3) is 4.21. The van der Waals surface area contributed by atoms with Gasteiger partial charge in [0.25, 0.3) is 0 Å². The number of rotatable bonds is 5. The van der Waals surface area contributed by atoms with Gasteiger partial charge in [-0.3, -0.25) is 9.78 Å². The molecule has 4 nitrogen and oxygen atoms in total. The smallest absolute Gasteiger partial charge is 0.240 e. The van der Waals surface area contributed by atoms with Crippen molar-refractivity contribution < 1.29 is 4.79 Å². The second-order valence-corrected chi connectivity index (χ2v) is 3.58. The highest BCUT2D eigenvalue weighted by molar-refractivity contribution is 5.98. The third-order valence-corrected chi connectivity index (χ3v) is 2.19. The van der Waals surface area contributed by atoms with Gasteiger partial charge < -0.3 is 0 Å². The molecular weight excluding hydrogens is 202 g/mol. The molecule has 86 valence electrons.